The van der Waals surface area contributed by atoms with Gasteiger partial charge in [-0.2, -0.15) is 10.5 Å². The lowest BCUT2D eigenvalue weighted by Gasteiger charge is -2.26. The molecule has 0 saturated carbocycles. The summed E-state index contributed by atoms with van der Waals surface area (Å²) in [5.74, 6) is -0.706. The Morgan fingerprint density at radius 2 is 1.32 bits per heavy atom. The zero-order valence-electron chi connectivity index (χ0n) is 14.1. The molecule has 2 rings (SSSR count). The van der Waals surface area contributed by atoms with Crippen LogP contribution in [-0.4, -0.2) is 18.1 Å². The Morgan fingerprint density at radius 3 is 1.64 bits per heavy atom. The number of rotatable bonds is 5. The van der Waals surface area contributed by atoms with Crippen molar-refractivity contribution in [3.63, 3.8) is 0 Å². The zero-order chi connectivity index (χ0) is 18.4. The predicted molar refractivity (Wildman–Crippen MR) is 93.4 cm³/mol. The maximum Gasteiger partial charge on any atom is 0.322 e. The number of carbonyl (C=O) groups is 1. The molecule has 0 fully saturated rings. The van der Waals surface area contributed by atoms with Crippen molar-refractivity contribution in [3.05, 3.63) is 70.8 Å². The standard InChI is InChI=1S/C20H19N3O2/c1-13(23)20(24)25-14(2)19(17-7-3-15(11-21)4-8-17)18-9-5-16(12-22)6-10-18/h3-10,13-14,19H,23H2,1-2H3/t13-,14-/m0/s1. The number of benzene rings is 2. The largest absolute Gasteiger partial charge is 0.461 e. The summed E-state index contributed by atoms with van der Waals surface area (Å²) < 4.78 is 5.50. The molecule has 0 aromatic heterocycles. The molecule has 0 heterocycles. The number of carbonyl (C=O) groups excluding carboxylic acids is 1. The van der Waals surface area contributed by atoms with Gasteiger partial charge in [0.2, 0.25) is 0 Å². The molecule has 5 heteroatoms. The predicted octanol–water partition coefficient (Wildman–Crippen LogP) is 2.84. The third-order valence-corrected chi connectivity index (χ3v) is 3.94. The third kappa shape index (κ3) is 4.44. The van der Waals surface area contributed by atoms with E-state index in [1.54, 1.807) is 38.1 Å². The summed E-state index contributed by atoms with van der Waals surface area (Å²) in [6.45, 7) is 3.38. The third-order valence-electron chi connectivity index (χ3n) is 3.94. The highest BCUT2D eigenvalue weighted by atomic mass is 16.5. The maximum absolute atomic E-state index is 11.9. The summed E-state index contributed by atoms with van der Waals surface area (Å²) in [7, 11) is 0. The molecular weight excluding hydrogens is 314 g/mol. The van der Waals surface area contributed by atoms with E-state index in [-0.39, 0.29) is 5.92 Å². The fourth-order valence-electron chi connectivity index (χ4n) is 2.62. The highest BCUT2D eigenvalue weighted by molar-refractivity contribution is 5.75. The summed E-state index contributed by atoms with van der Waals surface area (Å²) >= 11 is 0. The van der Waals surface area contributed by atoms with Crippen molar-refractivity contribution in [1.29, 1.82) is 10.5 Å². The molecule has 2 aromatic rings. The number of ether oxygens (including phenoxy) is 1. The van der Waals surface area contributed by atoms with Gasteiger partial charge in [0.05, 0.1) is 23.3 Å². The lowest BCUT2D eigenvalue weighted by Crippen LogP contribution is -2.33. The molecule has 2 aromatic carbocycles. The van der Waals surface area contributed by atoms with Crippen molar-refractivity contribution in [2.45, 2.75) is 31.9 Å². The van der Waals surface area contributed by atoms with Crippen molar-refractivity contribution in [2.24, 2.45) is 5.73 Å². The van der Waals surface area contributed by atoms with Crippen molar-refractivity contribution in [1.82, 2.24) is 0 Å². The van der Waals surface area contributed by atoms with Crippen LogP contribution in [0.2, 0.25) is 0 Å². The molecule has 5 nitrogen and oxygen atoms in total. The Labute approximate surface area is 147 Å². The summed E-state index contributed by atoms with van der Waals surface area (Å²) in [6.07, 6.45) is -0.459. The number of hydrogen-bond acceptors (Lipinski definition) is 5. The molecule has 0 unspecified atom stereocenters. The molecule has 0 amide bonds. The van der Waals surface area contributed by atoms with E-state index in [4.69, 9.17) is 21.0 Å². The Kier molecular flexibility index (Phi) is 5.89. The van der Waals surface area contributed by atoms with Crippen LogP contribution in [0.15, 0.2) is 48.5 Å². The fraction of sp³-hybridized carbons (Fsp3) is 0.250. The summed E-state index contributed by atoms with van der Waals surface area (Å²) in [4.78, 5) is 11.9. The van der Waals surface area contributed by atoms with Gasteiger partial charge in [0.25, 0.3) is 0 Å². The van der Waals surface area contributed by atoms with Crippen LogP contribution in [0.1, 0.15) is 42.0 Å². The van der Waals surface area contributed by atoms with Crippen LogP contribution in [0.25, 0.3) is 0 Å². The quantitative estimate of drug-likeness (QED) is 0.848. The Hall–Kier alpha value is -3.15. The van der Waals surface area contributed by atoms with Gasteiger partial charge in [-0.05, 0) is 49.2 Å². The molecule has 0 saturated heterocycles. The smallest absolute Gasteiger partial charge is 0.322 e. The first-order valence-corrected chi connectivity index (χ1v) is 7.92. The van der Waals surface area contributed by atoms with E-state index in [9.17, 15) is 4.79 Å². The molecule has 2 N–H and O–H groups in total. The number of nitriles is 2. The Morgan fingerprint density at radius 1 is 0.920 bits per heavy atom. The van der Waals surface area contributed by atoms with E-state index < -0.39 is 18.1 Å². The minimum Gasteiger partial charge on any atom is -0.461 e. The average Bonchev–Trinajstić information content (AvgIpc) is 2.63. The SMILES string of the molecule is C[C@H](N)C(=O)O[C@@H](C)C(c1ccc(C#N)cc1)c1ccc(C#N)cc1. The first kappa shape index (κ1) is 18.2. The first-order chi connectivity index (χ1) is 12.0. The lowest BCUT2D eigenvalue weighted by molar-refractivity contribution is -0.149. The van der Waals surface area contributed by atoms with E-state index >= 15 is 0 Å². The van der Waals surface area contributed by atoms with Crippen LogP contribution < -0.4 is 5.73 Å². The van der Waals surface area contributed by atoms with Crippen molar-refractivity contribution in [3.8, 4) is 12.1 Å². The second kappa shape index (κ2) is 8.10. The summed E-state index contributed by atoms with van der Waals surface area (Å²) in [5.41, 5.74) is 8.53. The molecule has 0 spiro atoms. The highest BCUT2D eigenvalue weighted by Crippen LogP contribution is 2.30. The first-order valence-electron chi connectivity index (χ1n) is 7.92. The van der Waals surface area contributed by atoms with Crippen LogP contribution in [0.5, 0.6) is 0 Å². The molecule has 0 aliphatic heterocycles. The second-order valence-corrected chi connectivity index (χ2v) is 5.88. The fourth-order valence-corrected chi connectivity index (χ4v) is 2.62. The summed E-state index contributed by atoms with van der Waals surface area (Å²) in [5, 5.41) is 17.9. The van der Waals surface area contributed by atoms with Crippen molar-refractivity contribution >= 4 is 5.97 Å². The van der Waals surface area contributed by atoms with Crippen molar-refractivity contribution < 1.29 is 9.53 Å². The Balaban J connectivity index is 2.40. The molecule has 0 aliphatic carbocycles. The van der Waals surface area contributed by atoms with Crippen LogP contribution in [0.3, 0.4) is 0 Å². The Bertz CT molecular complexity index is 755. The van der Waals surface area contributed by atoms with Gasteiger partial charge in [-0.15, -0.1) is 0 Å². The topological polar surface area (TPSA) is 99.9 Å². The monoisotopic (exact) mass is 333 g/mol. The highest BCUT2D eigenvalue weighted by Gasteiger charge is 2.25. The minimum atomic E-state index is -0.704. The number of nitrogens with zero attached hydrogens (tertiary/aromatic N) is 2. The van der Waals surface area contributed by atoms with E-state index in [0.717, 1.165) is 11.1 Å². The zero-order valence-corrected chi connectivity index (χ0v) is 14.1. The van der Waals surface area contributed by atoms with Gasteiger partial charge in [0, 0.05) is 5.92 Å². The summed E-state index contributed by atoms with van der Waals surface area (Å²) in [6, 6.07) is 17.8. The minimum absolute atomic E-state index is 0.233. The second-order valence-electron chi connectivity index (χ2n) is 5.88. The molecule has 0 bridgehead atoms. The molecule has 2 atom stereocenters. The number of hydrogen-bond donors (Lipinski definition) is 1. The van der Waals surface area contributed by atoms with Crippen LogP contribution in [-0.2, 0) is 9.53 Å². The normalized spacial score (nSPS) is 12.7. The average molecular weight is 333 g/mol. The lowest BCUT2D eigenvalue weighted by atomic mass is 9.86. The van der Waals surface area contributed by atoms with Gasteiger partial charge >= 0.3 is 5.97 Å². The van der Waals surface area contributed by atoms with Gasteiger partial charge in [0.1, 0.15) is 12.1 Å². The molecule has 126 valence electrons. The molecule has 0 aliphatic rings. The molecule has 25 heavy (non-hydrogen) atoms. The molecule has 0 radical (unpaired) electrons. The van der Waals surface area contributed by atoms with E-state index in [1.165, 1.54) is 0 Å². The van der Waals surface area contributed by atoms with Crippen LogP contribution in [0, 0.1) is 22.7 Å². The van der Waals surface area contributed by atoms with Crippen LogP contribution >= 0.6 is 0 Å². The van der Waals surface area contributed by atoms with Gasteiger partial charge in [-0.1, -0.05) is 24.3 Å². The van der Waals surface area contributed by atoms with E-state index in [2.05, 4.69) is 12.1 Å². The number of esters is 1. The van der Waals surface area contributed by atoms with Crippen LogP contribution in [0.4, 0.5) is 0 Å². The van der Waals surface area contributed by atoms with Crippen molar-refractivity contribution in [2.75, 3.05) is 0 Å². The van der Waals surface area contributed by atoms with Gasteiger partial charge < -0.3 is 10.5 Å². The van der Waals surface area contributed by atoms with E-state index in [0.29, 0.717) is 11.1 Å². The molecular formula is C20H19N3O2. The van der Waals surface area contributed by atoms with Gasteiger partial charge in [-0.3, -0.25) is 4.79 Å². The number of nitrogens with two attached hydrogens (primary N) is 1. The van der Waals surface area contributed by atoms with Gasteiger partial charge in [0.15, 0.2) is 0 Å². The van der Waals surface area contributed by atoms with Gasteiger partial charge in [-0.25, -0.2) is 0 Å². The van der Waals surface area contributed by atoms with E-state index in [1.807, 2.05) is 24.3 Å². The maximum atomic E-state index is 11.9.